The van der Waals surface area contributed by atoms with Crippen molar-refractivity contribution in [1.29, 1.82) is 0 Å². The molecular formula is C26H24N2O6. The number of benzene rings is 2. The van der Waals surface area contributed by atoms with Crippen LogP contribution in [0.3, 0.4) is 0 Å². The Balaban J connectivity index is 1.60. The normalized spacial score (nSPS) is 11.1. The molecule has 1 N–H and O–H groups in total. The number of hydrogen-bond donors (Lipinski definition) is 1. The lowest BCUT2D eigenvalue weighted by molar-refractivity contribution is 0.104. The van der Waals surface area contributed by atoms with Crippen LogP contribution in [0.1, 0.15) is 21.7 Å². The van der Waals surface area contributed by atoms with E-state index in [1.165, 1.54) is 32.0 Å². The monoisotopic (exact) mass is 460 g/mol. The molecule has 0 aliphatic carbocycles. The van der Waals surface area contributed by atoms with E-state index in [0.717, 1.165) is 5.76 Å². The van der Waals surface area contributed by atoms with Gasteiger partial charge in [0, 0.05) is 11.8 Å². The molecular weight excluding hydrogens is 436 g/mol. The lowest BCUT2D eigenvalue weighted by atomic mass is 10.1. The third-order valence-electron chi connectivity index (χ3n) is 5.25. The molecule has 2 heterocycles. The first-order valence-electron chi connectivity index (χ1n) is 10.4. The number of carbonyl (C=O) groups is 1. The number of methoxy groups -OCH3 is 3. The highest BCUT2D eigenvalue weighted by atomic mass is 16.5. The topological polar surface area (TPSA) is 95.7 Å². The van der Waals surface area contributed by atoms with Crippen molar-refractivity contribution in [3.05, 3.63) is 88.2 Å². The molecule has 0 aliphatic rings. The summed E-state index contributed by atoms with van der Waals surface area (Å²) in [4.78, 5) is 28.2. The molecule has 2 aromatic heterocycles. The van der Waals surface area contributed by atoms with Crippen LogP contribution in [0.15, 0.2) is 70.0 Å². The maximum atomic E-state index is 12.9. The van der Waals surface area contributed by atoms with Gasteiger partial charge in [0.1, 0.15) is 11.5 Å². The fraction of sp³-hybridized carbons (Fsp3) is 0.154. The van der Waals surface area contributed by atoms with Crippen LogP contribution >= 0.6 is 0 Å². The van der Waals surface area contributed by atoms with E-state index in [9.17, 15) is 9.59 Å². The van der Waals surface area contributed by atoms with Gasteiger partial charge in [-0.2, -0.15) is 0 Å². The molecule has 0 radical (unpaired) electrons. The molecule has 8 nitrogen and oxygen atoms in total. The quantitative estimate of drug-likeness (QED) is 0.304. The summed E-state index contributed by atoms with van der Waals surface area (Å²) < 4.78 is 23.1. The molecule has 8 heteroatoms. The van der Waals surface area contributed by atoms with Gasteiger partial charge in [0.25, 0.3) is 0 Å². The molecule has 0 saturated heterocycles. The molecule has 2 aromatic carbocycles. The van der Waals surface area contributed by atoms with Crippen LogP contribution in [-0.2, 0) is 0 Å². The minimum Gasteiger partial charge on any atom is -0.493 e. The summed E-state index contributed by atoms with van der Waals surface area (Å²) in [5.41, 5.74) is 1.92. The molecule has 0 unspecified atom stereocenters. The number of nitrogens with zero attached hydrogens (tertiary/aromatic N) is 1. The van der Waals surface area contributed by atoms with Crippen LogP contribution in [-0.4, -0.2) is 36.7 Å². The smallest absolute Gasteiger partial charge is 0.330 e. The highest BCUT2D eigenvalue weighted by Crippen LogP contribution is 2.38. The molecule has 0 atom stereocenters. The van der Waals surface area contributed by atoms with Crippen LogP contribution < -0.4 is 19.9 Å². The van der Waals surface area contributed by atoms with E-state index in [1.54, 1.807) is 54.7 Å². The molecule has 0 saturated carbocycles. The van der Waals surface area contributed by atoms with E-state index in [4.69, 9.17) is 18.6 Å². The van der Waals surface area contributed by atoms with Gasteiger partial charge in [0.2, 0.25) is 5.75 Å². The molecule has 174 valence electrons. The van der Waals surface area contributed by atoms with Crippen LogP contribution in [0.25, 0.3) is 23.2 Å². The fourth-order valence-corrected chi connectivity index (χ4v) is 3.57. The molecule has 0 amide bonds. The maximum Gasteiger partial charge on any atom is 0.330 e. The second-order valence-corrected chi connectivity index (χ2v) is 7.46. The zero-order valence-electron chi connectivity index (χ0n) is 19.2. The summed E-state index contributed by atoms with van der Waals surface area (Å²) in [7, 11) is 4.59. The van der Waals surface area contributed by atoms with Crippen molar-refractivity contribution in [2.24, 2.45) is 0 Å². The van der Waals surface area contributed by atoms with Crippen LogP contribution in [0.2, 0.25) is 0 Å². The van der Waals surface area contributed by atoms with Crippen LogP contribution in [0, 0.1) is 6.92 Å². The number of nitrogens with one attached hydrogen (secondary N) is 1. The summed E-state index contributed by atoms with van der Waals surface area (Å²) in [6, 6.07) is 14.0. The van der Waals surface area contributed by atoms with Crippen molar-refractivity contribution in [3.8, 4) is 34.4 Å². The minimum atomic E-state index is -0.332. The van der Waals surface area contributed by atoms with E-state index >= 15 is 0 Å². The van der Waals surface area contributed by atoms with E-state index in [2.05, 4.69) is 4.98 Å². The molecule has 0 bridgehead atoms. The Morgan fingerprint density at radius 3 is 2.35 bits per heavy atom. The van der Waals surface area contributed by atoms with Gasteiger partial charge >= 0.3 is 5.69 Å². The Morgan fingerprint density at radius 1 is 1.00 bits per heavy atom. The Morgan fingerprint density at radius 2 is 1.74 bits per heavy atom. The van der Waals surface area contributed by atoms with Crippen LogP contribution in [0.4, 0.5) is 0 Å². The first kappa shape index (κ1) is 22.7. The van der Waals surface area contributed by atoms with E-state index < -0.39 is 0 Å². The van der Waals surface area contributed by atoms with Crippen molar-refractivity contribution >= 4 is 11.9 Å². The predicted octanol–water partition coefficient (Wildman–Crippen LogP) is 4.66. The standard InChI is InChI=1S/C26H24N2O6/c1-16-8-11-22(34-16)20-15-28(26(30)27-20)19-7-5-6-18(14-19)21(29)10-9-17-12-23(31-2)25(33-4)24(13-17)32-3/h5-15H,1-4H3,(H,27,30). The average Bonchev–Trinajstić information content (AvgIpc) is 3.47. The largest absolute Gasteiger partial charge is 0.493 e. The molecule has 34 heavy (non-hydrogen) atoms. The number of ketones is 1. The lowest BCUT2D eigenvalue weighted by Gasteiger charge is -2.12. The van der Waals surface area contributed by atoms with Gasteiger partial charge in [-0.25, -0.2) is 4.79 Å². The van der Waals surface area contributed by atoms with Crippen molar-refractivity contribution in [3.63, 3.8) is 0 Å². The molecule has 4 rings (SSSR count). The van der Waals surface area contributed by atoms with Crippen molar-refractivity contribution in [2.75, 3.05) is 21.3 Å². The summed E-state index contributed by atoms with van der Waals surface area (Å²) >= 11 is 0. The molecule has 0 aliphatic heterocycles. The van der Waals surface area contributed by atoms with Gasteiger partial charge in [-0.15, -0.1) is 0 Å². The first-order valence-corrected chi connectivity index (χ1v) is 10.4. The third kappa shape index (κ3) is 4.52. The van der Waals surface area contributed by atoms with E-state index in [-0.39, 0.29) is 11.5 Å². The van der Waals surface area contributed by atoms with E-state index in [0.29, 0.717) is 45.5 Å². The van der Waals surface area contributed by atoms with Gasteiger partial charge in [0.15, 0.2) is 23.0 Å². The Kier molecular flexibility index (Phi) is 6.40. The number of imidazole rings is 1. The zero-order chi connectivity index (χ0) is 24.2. The minimum absolute atomic E-state index is 0.221. The van der Waals surface area contributed by atoms with Gasteiger partial charge in [-0.1, -0.05) is 18.2 Å². The van der Waals surface area contributed by atoms with E-state index in [1.807, 2.05) is 13.0 Å². The van der Waals surface area contributed by atoms with Gasteiger partial charge in [0.05, 0.1) is 27.0 Å². The summed E-state index contributed by atoms with van der Waals surface area (Å²) in [5, 5.41) is 0. The Labute approximate surface area is 196 Å². The number of hydrogen-bond acceptors (Lipinski definition) is 6. The molecule has 0 fully saturated rings. The second-order valence-electron chi connectivity index (χ2n) is 7.46. The third-order valence-corrected chi connectivity index (χ3v) is 5.25. The Hall–Kier alpha value is -4.46. The SMILES string of the molecule is COc1cc(C=CC(=O)c2cccc(-n3cc(-c4ccc(C)o4)[nH]c3=O)c2)cc(OC)c1OC. The number of H-pyrrole nitrogens is 1. The number of aromatic amines is 1. The number of aromatic nitrogens is 2. The fourth-order valence-electron chi connectivity index (χ4n) is 3.57. The summed E-state index contributed by atoms with van der Waals surface area (Å²) in [6.45, 7) is 1.83. The van der Waals surface area contributed by atoms with Crippen LogP contribution in [0.5, 0.6) is 17.2 Å². The first-order chi connectivity index (χ1) is 16.4. The van der Waals surface area contributed by atoms with Crippen molar-refractivity contribution < 1.29 is 23.4 Å². The highest BCUT2D eigenvalue weighted by molar-refractivity contribution is 6.07. The maximum absolute atomic E-state index is 12.9. The highest BCUT2D eigenvalue weighted by Gasteiger charge is 2.13. The molecule has 0 spiro atoms. The van der Waals surface area contributed by atoms with Crippen molar-refractivity contribution in [1.82, 2.24) is 9.55 Å². The molecule has 4 aromatic rings. The second kappa shape index (κ2) is 9.58. The van der Waals surface area contributed by atoms with Gasteiger partial charge < -0.3 is 23.6 Å². The van der Waals surface area contributed by atoms with Gasteiger partial charge in [-0.3, -0.25) is 9.36 Å². The number of carbonyl (C=O) groups excluding carboxylic acids is 1. The zero-order valence-corrected chi connectivity index (χ0v) is 19.2. The predicted molar refractivity (Wildman–Crippen MR) is 128 cm³/mol. The number of allylic oxidation sites excluding steroid dienone is 1. The number of ether oxygens (including phenoxy) is 3. The average molecular weight is 460 g/mol. The summed E-state index contributed by atoms with van der Waals surface area (Å²) in [6.07, 6.45) is 4.77. The van der Waals surface area contributed by atoms with Gasteiger partial charge in [-0.05, 0) is 55.0 Å². The van der Waals surface area contributed by atoms with Crippen molar-refractivity contribution in [2.45, 2.75) is 6.92 Å². The Bertz CT molecular complexity index is 1400. The number of furan rings is 1. The summed E-state index contributed by atoms with van der Waals surface area (Å²) in [5.74, 6) is 2.54. The number of rotatable bonds is 8. The lowest BCUT2D eigenvalue weighted by Crippen LogP contribution is -2.14. The number of aryl methyl sites for hydroxylation is 1.